The number of rotatable bonds is 9. The van der Waals surface area contributed by atoms with Crippen LogP contribution in [0.5, 0.6) is 0 Å². The molecular weight excluding hydrogens is 316 g/mol. The minimum atomic E-state index is -0.829. The zero-order chi connectivity index (χ0) is 18.3. The van der Waals surface area contributed by atoms with Gasteiger partial charge in [0.25, 0.3) is 5.91 Å². The van der Waals surface area contributed by atoms with E-state index >= 15 is 0 Å². The molecule has 1 heterocycles. The summed E-state index contributed by atoms with van der Waals surface area (Å²) in [6, 6.07) is 7.29. The predicted octanol–water partition coefficient (Wildman–Crippen LogP) is 3.22. The number of nitrogens with zero attached hydrogens (tertiary/aromatic N) is 2. The van der Waals surface area contributed by atoms with Crippen LogP contribution in [0.4, 0.5) is 11.4 Å². The number of aryl methyl sites for hydroxylation is 1. The molecule has 0 aliphatic heterocycles. The third kappa shape index (κ3) is 5.60. The van der Waals surface area contributed by atoms with Crippen molar-refractivity contribution in [1.82, 2.24) is 15.1 Å². The first-order chi connectivity index (χ1) is 12.0. The summed E-state index contributed by atoms with van der Waals surface area (Å²) >= 11 is 0. The molecule has 0 saturated carbocycles. The van der Waals surface area contributed by atoms with E-state index < -0.39 is 5.60 Å². The Labute approximate surface area is 149 Å². The van der Waals surface area contributed by atoms with Gasteiger partial charge in [-0.2, -0.15) is 5.10 Å². The summed E-state index contributed by atoms with van der Waals surface area (Å²) in [5, 5.41) is 20.8. The molecule has 0 aliphatic rings. The fraction of sp³-hybridized carbons (Fsp3) is 0.474. The van der Waals surface area contributed by atoms with Crippen LogP contribution in [-0.2, 0) is 7.05 Å². The van der Waals surface area contributed by atoms with Crippen LogP contribution in [0.2, 0.25) is 0 Å². The maximum atomic E-state index is 12.4. The van der Waals surface area contributed by atoms with E-state index in [1.165, 1.54) is 0 Å². The molecule has 0 saturated heterocycles. The quantitative estimate of drug-likeness (QED) is 0.652. The highest BCUT2D eigenvalue weighted by Gasteiger charge is 2.25. The lowest BCUT2D eigenvalue weighted by atomic mass is 9.92. The topological polar surface area (TPSA) is 79.2 Å². The van der Waals surface area contributed by atoms with Crippen LogP contribution >= 0.6 is 0 Å². The predicted molar refractivity (Wildman–Crippen MR) is 100 cm³/mol. The van der Waals surface area contributed by atoms with Gasteiger partial charge in [-0.05, 0) is 31.0 Å². The first kappa shape index (κ1) is 19.0. The van der Waals surface area contributed by atoms with E-state index in [-0.39, 0.29) is 12.5 Å². The highest BCUT2D eigenvalue weighted by atomic mass is 16.3. The van der Waals surface area contributed by atoms with Gasteiger partial charge in [0.2, 0.25) is 0 Å². The fourth-order valence-electron chi connectivity index (χ4n) is 2.97. The molecule has 1 aromatic heterocycles. The summed E-state index contributed by atoms with van der Waals surface area (Å²) in [4.78, 5) is 12.4. The molecule has 2 aromatic rings. The highest BCUT2D eigenvalue weighted by Crippen LogP contribution is 2.20. The minimum Gasteiger partial charge on any atom is -0.388 e. The van der Waals surface area contributed by atoms with E-state index in [0.29, 0.717) is 18.4 Å². The Morgan fingerprint density at radius 1 is 1.24 bits per heavy atom. The number of aliphatic hydroxyl groups is 1. The third-order valence-corrected chi connectivity index (χ3v) is 4.13. The second kappa shape index (κ2) is 8.67. The number of carbonyl (C=O) groups is 1. The molecule has 0 atom stereocenters. The van der Waals surface area contributed by atoms with E-state index in [9.17, 15) is 9.90 Å². The van der Waals surface area contributed by atoms with E-state index in [2.05, 4.69) is 15.7 Å². The maximum Gasteiger partial charge on any atom is 0.251 e. The summed E-state index contributed by atoms with van der Waals surface area (Å²) in [6.45, 7) is 4.35. The van der Waals surface area contributed by atoms with E-state index in [4.69, 9.17) is 0 Å². The van der Waals surface area contributed by atoms with Gasteiger partial charge in [0.1, 0.15) is 0 Å². The summed E-state index contributed by atoms with van der Waals surface area (Å²) in [7, 11) is 1.85. The van der Waals surface area contributed by atoms with Crippen molar-refractivity contribution in [3.63, 3.8) is 0 Å². The molecule has 1 aromatic carbocycles. The minimum absolute atomic E-state index is 0.180. The molecule has 1 amide bonds. The van der Waals surface area contributed by atoms with Crippen molar-refractivity contribution in [2.45, 2.75) is 45.1 Å². The molecule has 0 spiro atoms. The summed E-state index contributed by atoms with van der Waals surface area (Å²) in [6.07, 6.45) is 6.73. The Bertz CT molecular complexity index is 690. The zero-order valence-electron chi connectivity index (χ0n) is 15.2. The maximum absolute atomic E-state index is 12.4. The molecule has 6 heteroatoms. The lowest BCUT2D eigenvalue weighted by Crippen LogP contribution is -2.42. The molecule has 0 unspecified atom stereocenters. The molecule has 25 heavy (non-hydrogen) atoms. The van der Waals surface area contributed by atoms with Gasteiger partial charge in [0.05, 0.1) is 17.5 Å². The lowest BCUT2D eigenvalue weighted by molar-refractivity contribution is 0.0213. The Kier molecular flexibility index (Phi) is 6.58. The molecule has 0 aliphatic carbocycles. The molecule has 0 fully saturated rings. The summed E-state index contributed by atoms with van der Waals surface area (Å²) < 4.78 is 1.71. The van der Waals surface area contributed by atoms with Crippen LogP contribution in [0, 0.1) is 0 Å². The van der Waals surface area contributed by atoms with Crippen molar-refractivity contribution in [1.29, 1.82) is 0 Å². The van der Waals surface area contributed by atoms with Gasteiger partial charge in [0.15, 0.2) is 0 Å². The first-order valence-electron chi connectivity index (χ1n) is 8.82. The van der Waals surface area contributed by atoms with Crippen LogP contribution in [0.25, 0.3) is 0 Å². The Morgan fingerprint density at radius 3 is 2.56 bits per heavy atom. The lowest BCUT2D eigenvalue weighted by Gasteiger charge is -2.27. The molecule has 0 bridgehead atoms. The van der Waals surface area contributed by atoms with Gasteiger partial charge in [0, 0.05) is 31.0 Å². The van der Waals surface area contributed by atoms with E-state index in [0.717, 1.165) is 24.2 Å². The number of benzene rings is 1. The van der Waals surface area contributed by atoms with Crippen molar-refractivity contribution in [2.75, 3.05) is 11.9 Å². The van der Waals surface area contributed by atoms with Gasteiger partial charge < -0.3 is 15.7 Å². The van der Waals surface area contributed by atoms with Crippen LogP contribution in [-0.4, -0.2) is 32.9 Å². The number of anilines is 2. The first-order valence-corrected chi connectivity index (χ1v) is 8.82. The molecule has 6 nitrogen and oxygen atoms in total. The second-order valence-electron chi connectivity index (χ2n) is 6.52. The smallest absolute Gasteiger partial charge is 0.251 e. The summed E-state index contributed by atoms with van der Waals surface area (Å²) in [5.74, 6) is -0.180. The number of amides is 1. The van der Waals surface area contributed by atoms with E-state index in [1.807, 2.05) is 39.2 Å². The number of hydrogen-bond donors (Lipinski definition) is 3. The van der Waals surface area contributed by atoms with Gasteiger partial charge in [-0.15, -0.1) is 0 Å². The average Bonchev–Trinajstić information content (AvgIpc) is 2.98. The normalized spacial score (nSPS) is 11.4. The van der Waals surface area contributed by atoms with Crippen LogP contribution < -0.4 is 10.6 Å². The van der Waals surface area contributed by atoms with Crippen molar-refractivity contribution in [3.05, 3.63) is 42.2 Å². The zero-order valence-corrected chi connectivity index (χ0v) is 15.2. The van der Waals surface area contributed by atoms with Crippen molar-refractivity contribution >= 4 is 17.3 Å². The monoisotopic (exact) mass is 344 g/mol. The molecule has 3 N–H and O–H groups in total. The van der Waals surface area contributed by atoms with Gasteiger partial charge >= 0.3 is 0 Å². The molecule has 2 rings (SSSR count). The number of aromatic nitrogens is 2. The Morgan fingerprint density at radius 2 is 1.96 bits per heavy atom. The third-order valence-electron chi connectivity index (χ3n) is 4.13. The number of carbonyl (C=O) groups excluding carboxylic acids is 1. The SMILES string of the molecule is CCCC(O)(CCC)CNC(=O)c1cccc(Nc2cnn(C)c2)c1. The standard InChI is InChI=1S/C19H28N4O2/c1-4-9-19(25,10-5-2)14-20-18(24)15-7-6-8-16(11-15)22-17-12-21-23(3)13-17/h6-8,11-13,22,25H,4-5,9-10,14H2,1-3H3,(H,20,24). The summed E-state index contributed by atoms with van der Waals surface area (Å²) in [5.41, 5.74) is 1.41. The largest absolute Gasteiger partial charge is 0.388 e. The average molecular weight is 344 g/mol. The number of nitrogens with one attached hydrogen (secondary N) is 2. The molecule has 136 valence electrons. The Balaban J connectivity index is 2.00. The van der Waals surface area contributed by atoms with Crippen molar-refractivity contribution in [2.24, 2.45) is 7.05 Å². The van der Waals surface area contributed by atoms with Gasteiger partial charge in [-0.1, -0.05) is 32.8 Å². The number of hydrogen-bond acceptors (Lipinski definition) is 4. The van der Waals surface area contributed by atoms with E-state index in [1.54, 1.807) is 23.0 Å². The van der Waals surface area contributed by atoms with Crippen LogP contribution in [0.15, 0.2) is 36.7 Å². The van der Waals surface area contributed by atoms with Gasteiger partial charge in [-0.3, -0.25) is 9.48 Å². The highest BCUT2D eigenvalue weighted by molar-refractivity contribution is 5.95. The van der Waals surface area contributed by atoms with Gasteiger partial charge in [-0.25, -0.2) is 0 Å². The molecule has 0 radical (unpaired) electrons. The Hall–Kier alpha value is -2.34. The van der Waals surface area contributed by atoms with Crippen molar-refractivity contribution in [3.8, 4) is 0 Å². The van der Waals surface area contributed by atoms with Crippen molar-refractivity contribution < 1.29 is 9.90 Å². The fourth-order valence-corrected chi connectivity index (χ4v) is 2.97. The second-order valence-corrected chi connectivity index (χ2v) is 6.52. The van der Waals surface area contributed by atoms with Crippen LogP contribution in [0.1, 0.15) is 49.9 Å². The molecular formula is C19H28N4O2. The van der Waals surface area contributed by atoms with Crippen LogP contribution in [0.3, 0.4) is 0 Å².